The van der Waals surface area contributed by atoms with Gasteiger partial charge in [0.25, 0.3) is 0 Å². The van der Waals surface area contributed by atoms with Gasteiger partial charge in [0.2, 0.25) is 21.8 Å². The number of amides is 2. The van der Waals surface area contributed by atoms with E-state index in [9.17, 15) is 18.0 Å². The Bertz CT molecular complexity index is 1100. The zero-order chi connectivity index (χ0) is 24.8. The van der Waals surface area contributed by atoms with Crippen molar-refractivity contribution in [2.24, 2.45) is 0 Å². The molecule has 0 fully saturated rings. The third-order valence-corrected chi connectivity index (χ3v) is 6.63. The average Bonchev–Trinajstić information content (AvgIpc) is 2.74. The number of nitrogens with one attached hydrogen (secondary N) is 1. The molecular formula is C24H32ClN3O4S. The molecule has 33 heavy (non-hydrogen) atoms. The van der Waals surface area contributed by atoms with Crippen molar-refractivity contribution in [2.75, 3.05) is 23.7 Å². The quantitative estimate of drug-likeness (QED) is 0.547. The highest BCUT2D eigenvalue weighted by molar-refractivity contribution is 7.92. The van der Waals surface area contributed by atoms with Gasteiger partial charge in [-0.2, -0.15) is 0 Å². The number of carbonyl (C=O) groups excluding carboxylic acids is 2. The number of nitrogens with zero attached hydrogens (tertiary/aromatic N) is 2. The van der Waals surface area contributed by atoms with E-state index in [0.717, 1.165) is 33.7 Å². The zero-order valence-corrected chi connectivity index (χ0v) is 21.3. The topological polar surface area (TPSA) is 86.8 Å². The summed E-state index contributed by atoms with van der Waals surface area (Å²) in [5.74, 6) is -0.787. The molecule has 0 aliphatic carbocycles. The minimum atomic E-state index is -3.76. The van der Waals surface area contributed by atoms with Crippen LogP contribution in [0.1, 0.15) is 37.0 Å². The van der Waals surface area contributed by atoms with Crippen LogP contribution < -0.4 is 9.62 Å². The Morgan fingerprint density at radius 1 is 1.12 bits per heavy atom. The monoisotopic (exact) mass is 493 g/mol. The number of aryl methyl sites for hydroxylation is 2. The van der Waals surface area contributed by atoms with Crippen molar-refractivity contribution in [3.63, 3.8) is 0 Å². The molecule has 2 amide bonds. The Morgan fingerprint density at radius 3 is 2.42 bits per heavy atom. The fourth-order valence-electron chi connectivity index (χ4n) is 3.39. The molecule has 0 saturated carbocycles. The number of anilines is 1. The normalized spacial score (nSPS) is 12.2. The minimum absolute atomic E-state index is 0.116. The molecule has 1 N–H and O–H groups in total. The van der Waals surface area contributed by atoms with Crippen molar-refractivity contribution in [3.8, 4) is 0 Å². The number of carbonyl (C=O) groups is 2. The Balaban J connectivity index is 2.42. The maximum atomic E-state index is 13.5. The van der Waals surface area contributed by atoms with Crippen LogP contribution in [0.4, 0.5) is 5.69 Å². The fourth-order valence-corrected chi connectivity index (χ4v) is 4.51. The Labute approximate surface area is 201 Å². The summed E-state index contributed by atoms with van der Waals surface area (Å²) in [4.78, 5) is 27.6. The van der Waals surface area contributed by atoms with Gasteiger partial charge in [0, 0.05) is 18.1 Å². The molecule has 0 saturated heterocycles. The van der Waals surface area contributed by atoms with E-state index in [4.69, 9.17) is 11.6 Å². The molecule has 1 atom stereocenters. The van der Waals surface area contributed by atoms with Crippen molar-refractivity contribution >= 4 is 39.1 Å². The predicted molar refractivity (Wildman–Crippen MR) is 133 cm³/mol. The maximum Gasteiger partial charge on any atom is 0.244 e. The zero-order valence-electron chi connectivity index (χ0n) is 19.8. The summed E-state index contributed by atoms with van der Waals surface area (Å²) in [5.41, 5.74) is 2.79. The first kappa shape index (κ1) is 26.7. The number of benzene rings is 2. The Morgan fingerprint density at radius 2 is 1.82 bits per heavy atom. The van der Waals surface area contributed by atoms with Gasteiger partial charge in [-0.25, -0.2) is 8.42 Å². The molecule has 0 heterocycles. The minimum Gasteiger partial charge on any atom is -0.354 e. The van der Waals surface area contributed by atoms with Crippen molar-refractivity contribution in [1.29, 1.82) is 0 Å². The Kier molecular flexibility index (Phi) is 9.31. The van der Waals surface area contributed by atoms with E-state index >= 15 is 0 Å². The third-order valence-electron chi connectivity index (χ3n) is 5.27. The lowest BCUT2D eigenvalue weighted by molar-refractivity contribution is -0.139. The maximum absolute atomic E-state index is 13.5. The standard InChI is InChI=1S/C24H32ClN3O4S/c1-6-12-26-24(30)19(4)27(15-20-8-7-9-21(25)14-20)23(29)16-28(33(5,31)32)22-13-17(2)10-11-18(22)3/h7-11,13-14,19H,6,12,15-16H2,1-5H3,(H,26,30)/t19-/m0/s1. The van der Waals surface area contributed by atoms with Crippen LogP contribution in [-0.2, 0) is 26.2 Å². The van der Waals surface area contributed by atoms with Crippen molar-refractivity contribution in [1.82, 2.24) is 10.2 Å². The molecule has 0 aliphatic rings. The van der Waals surface area contributed by atoms with Crippen LogP contribution >= 0.6 is 11.6 Å². The van der Waals surface area contributed by atoms with Gasteiger partial charge < -0.3 is 10.2 Å². The summed E-state index contributed by atoms with van der Waals surface area (Å²) < 4.78 is 26.4. The van der Waals surface area contributed by atoms with Crippen molar-refractivity contribution < 1.29 is 18.0 Å². The first-order valence-electron chi connectivity index (χ1n) is 10.8. The smallest absolute Gasteiger partial charge is 0.244 e. The fraction of sp³-hybridized carbons (Fsp3) is 0.417. The van der Waals surface area contributed by atoms with Gasteiger partial charge in [-0.3, -0.25) is 13.9 Å². The summed E-state index contributed by atoms with van der Waals surface area (Å²) in [6.07, 6.45) is 1.83. The van der Waals surface area contributed by atoms with Crippen LogP contribution in [0.25, 0.3) is 0 Å². The summed E-state index contributed by atoms with van der Waals surface area (Å²) in [5, 5.41) is 3.32. The van der Waals surface area contributed by atoms with E-state index < -0.39 is 28.5 Å². The number of hydrogen-bond acceptors (Lipinski definition) is 4. The molecular weight excluding hydrogens is 462 g/mol. The SMILES string of the molecule is CCCNC(=O)[C@H](C)N(Cc1cccc(Cl)c1)C(=O)CN(c1cc(C)ccc1C)S(C)(=O)=O. The molecule has 0 aromatic heterocycles. The molecule has 2 aromatic rings. The van der Waals surface area contributed by atoms with Gasteiger partial charge in [-0.1, -0.05) is 42.8 Å². The first-order chi connectivity index (χ1) is 15.4. The molecule has 0 unspecified atom stereocenters. The second-order valence-corrected chi connectivity index (χ2v) is 10.5. The van der Waals surface area contributed by atoms with Crippen molar-refractivity contribution in [3.05, 3.63) is 64.2 Å². The molecule has 9 heteroatoms. The lowest BCUT2D eigenvalue weighted by Gasteiger charge is -2.32. The van der Waals surface area contributed by atoms with Gasteiger partial charge in [-0.05, 0) is 62.1 Å². The summed E-state index contributed by atoms with van der Waals surface area (Å²) in [6.45, 7) is 7.41. The molecule has 7 nitrogen and oxygen atoms in total. The predicted octanol–water partition coefficient (Wildman–Crippen LogP) is 3.67. The molecule has 0 aliphatic heterocycles. The van der Waals surface area contributed by atoms with Crippen LogP contribution in [-0.4, -0.2) is 50.5 Å². The summed E-state index contributed by atoms with van der Waals surface area (Å²) in [6, 6.07) is 11.6. The lowest BCUT2D eigenvalue weighted by atomic mass is 10.1. The number of rotatable bonds is 10. The van der Waals surface area contributed by atoms with Crippen LogP contribution in [0.3, 0.4) is 0 Å². The summed E-state index contributed by atoms with van der Waals surface area (Å²) >= 11 is 6.10. The number of halogens is 1. The van der Waals surface area contributed by atoms with Crippen LogP contribution in [0.15, 0.2) is 42.5 Å². The largest absolute Gasteiger partial charge is 0.354 e. The summed E-state index contributed by atoms with van der Waals surface area (Å²) in [7, 11) is -3.76. The van der Waals surface area contributed by atoms with Gasteiger partial charge in [0.05, 0.1) is 11.9 Å². The van der Waals surface area contributed by atoms with Crippen LogP contribution in [0, 0.1) is 13.8 Å². The molecule has 2 aromatic carbocycles. The van der Waals surface area contributed by atoms with E-state index in [1.165, 1.54) is 4.90 Å². The van der Waals surface area contributed by atoms with E-state index in [1.807, 2.05) is 32.0 Å². The molecule has 0 bridgehead atoms. The first-order valence-corrected chi connectivity index (χ1v) is 13.0. The van der Waals surface area contributed by atoms with Crippen molar-refractivity contribution in [2.45, 2.75) is 46.7 Å². The Hall–Kier alpha value is -2.58. The highest BCUT2D eigenvalue weighted by Crippen LogP contribution is 2.24. The highest BCUT2D eigenvalue weighted by atomic mass is 35.5. The van der Waals surface area contributed by atoms with E-state index in [2.05, 4.69) is 5.32 Å². The van der Waals surface area contributed by atoms with E-state index in [0.29, 0.717) is 17.3 Å². The van der Waals surface area contributed by atoms with Gasteiger partial charge >= 0.3 is 0 Å². The number of hydrogen-bond donors (Lipinski definition) is 1. The van der Waals surface area contributed by atoms with E-state index in [1.54, 1.807) is 38.1 Å². The second-order valence-electron chi connectivity index (χ2n) is 8.18. The van der Waals surface area contributed by atoms with Crippen LogP contribution in [0.5, 0.6) is 0 Å². The van der Waals surface area contributed by atoms with Gasteiger partial charge in [0.1, 0.15) is 12.6 Å². The molecule has 0 radical (unpaired) electrons. The van der Waals surface area contributed by atoms with Gasteiger partial charge in [-0.15, -0.1) is 0 Å². The highest BCUT2D eigenvalue weighted by Gasteiger charge is 2.30. The molecule has 180 valence electrons. The van der Waals surface area contributed by atoms with Gasteiger partial charge in [0.15, 0.2) is 0 Å². The molecule has 0 spiro atoms. The molecule has 2 rings (SSSR count). The van der Waals surface area contributed by atoms with Crippen LogP contribution in [0.2, 0.25) is 5.02 Å². The van der Waals surface area contributed by atoms with E-state index in [-0.39, 0.29) is 12.5 Å². The lowest BCUT2D eigenvalue weighted by Crippen LogP contribution is -2.51. The average molecular weight is 494 g/mol. The second kappa shape index (κ2) is 11.5. The number of sulfonamides is 1. The third kappa shape index (κ3) is 7.47.